The monoisotopic (exact) mass is 400 g/mol. The predicted molar refractivity (Wildman–Crippen MR) is 128 cm³/mol. The molecule has 2 nitrogen and oxygen atoms in total. The van der Waals surface area contributed by atoms with Gasteiger partial charge < -0.3 is 5.11 Å². The van der Waals surface area contributed by atoms with Crippen LogP contribution >= 0.6 is 0 Å². The molecule has 1 N–H and O–H groups in total. The van der Waals surface area contributed by atoms with Gasteiger partial charge in [-0.05, 0) is 74.1 Å². The molecule has 0 spiro atoms. The fourth-order valence-electron chi connectivity index (χ4n) is 3.95. The first-order chi connectivity index (χ1) is 15.2. The minimum atomic E-state index is -0.919. The summed E-state index contributed by atoms with van der Waals surface area (Å²) in [4.78, 5) is 11.3. The molecule has 0 atom stereocenters. The molecule has 0 bridgehead atoms. The van der Waals surface area contributed by atoms with Gasteiger partial charge in [-0.3, -0.25) is 0 Å². The Morgan fingerprint density at radius 3 is 1.71 bits per heavy atom. The van der Waals surface area contributed by atoms with Crippen LogP contribution in [0.15, 0.2) is 109 Å². The Labute approximate surface area is 180 Å². The second kappa shape index (κ2) is 7.92. The van der Waals surface area contributed by atoms with Gasteiger partial charge in [-0.25, -0.2) is 4.79 Å². The number of carboxylic acid groups (broad SMARTS) is 1. The van der Waals surface area contributed by atoms with Crippen molar-refractivity contribution >= 4 is 39.2 Å². The number of carboxylic acids is 1. The minimum absolute atomic E-state index is 0.285. The fraction of sp³-hybridized carbons (Fsp3) is 0. The van der Waals surface area contributed by atoms with E-state index in [1.807, 2.05) is 36.4 Å². The Morgan fingerprint density at radius 1 is 0.548 bits per heavy atom. The number of carbonyl (C=O) groups is 1. The van der Waals surface area contributed by atoms with Crippen LogP contribution in [0.5, 0.6) is 0 Å². The third-order valence-corrected chi connectivity index (χ3v) is 5.59. The van der Waals surface area contributed by atoms with Crippen LogP contribution in [0.4, 0.5) is 0 Å². The average molecular weight is 400 g/mol. The maximum Gasteiger partial charge on any atom is 0.335 e. The van der Waals surface area contributed by atoms with E-state index in [0.717, 1.165) is 22.3 Å². The lowest BCUT2D eigenvalue weighted by Gasteiger charge is -2.11. The summed E-state index contributed by atoms with van der Waals surface area (Å²) in [7, 11) is 0. The molecule has 0 heterocycles. The molecule has 5 rings (SSSR count). The number of rotatable bonds is 4. The predicted octanol–water partition coefficient (Wildman–Crippen LogP) is 7.28. The summed E-state index contributed by atoms with van der Waals surface area (Å²) in [5.41, 5.74) is 4.51. The zero-order valence-electron chi connectivity index (χ0n) is 16.8. The molecule has 0 amide bonds. The molecular weight excluding hydrogens is 380 g/mol. The second-order valence-corrected chi connectivity index (χ2v) is 7.61. The summed E-state index contributed by atoms with van der Waals surface area (Å²) in [6, 6.07) is 36.6. The van der Waals surface area contributed by atoms with Gasteiger partial charge in [0.1, 0.15) is 0 Å². The highest BCUT2D eigenvalue weighted by molar-refractivity contribution is 5.97. The number of hydrogen-bond acceptors (Lipinski definition) is 1. The number of fused-ring (bicyclic) bond motifs is 2. The quantitative estimate of drug-likeness (QED) is 0.322. The van der Waals surface area contributed by atoms with Gasteiger partial charge in [0, 0.05) is 0 Å². The standard InChI is InChI=1S/C29H20O2/c30-29(31)24-14-12-23(13-15-24)28(27-16-11-22-6-2-4-8-26(22)19-27)18-20-9-10-21-5-1-3-7-25(21)17-20/h1-19H,(H,30,31)/b28-18-. The van der Waals surface area contributed by atoms with Gasteiger partial charge in [0.2, 0.25) is 0 Å². The van der Waals surface area contributed by atoms with Gasteiger partial charge in [0.25, 0.3) is 0 Å². The van der Waals surface area contributed by atoms with Crippen molar-refractivity contribution in [2.45, 2.75) is 0 Å². The molecule has 0 aliphatic rings. The van der Waals surface area contributed by atoms with Crippen LogP contribution in [0.25, 0.3) is 33.2 Å². The average Bonchev–Trinajstić information content (AvgIpc) is 2.82. The molecule has 0 saturated carbocycles. The second-order valence-electron chi connectivity index (χ2n) is 7.61. The minimum Gasteiger partial charge on any atom is -0.478 e. The molecule has 148 valence electrons. The molecule has 0 aromatic heterocycles. The topological polar surface area (TPSA) is 37.3 Å². The van der Waals surface area contributed by atoms with E-state index in [9.17, 15) is 9.90 Å². The van der Waals surface area contributed by atoms with E-state index in [1.54, 1.807) is 12.1 Å². The highest BCUT2D eigenvalue weighted by atomic mass is 16.4. The van der Waals surface area contributed by atoms with Gasteiger partial charge in [0.05, 0.1) is 5.56 Å². The Kier molecular flexibility index (Phi) is 4.81. The van der Waals surface area contributed by atoms with Crippen LogP contribution in [0.1, 0.15) is 27.0 Å². The lowest BCUT2D eigenvalue weighted by atomic mass is 9.93. The maximum atomic E-state index is 11.3. The molecular formula is C29H20O2. The van der Waals surface area contributed by atoms with Gasteiger partial charge in [-0.1, -0.05) is 84.9 Å². The van der Waals surface area contributed by atoms with E-state index >= 15 is 0 Å². The zero-order chi connectivity index (χ0) is 21.2. The van der Waals surface area contributed by atoms with E-state index in [0.29, 0.717) is 0 Å². The van der Waals surface area contributed by atoms with Crippen molar-refractivity contribution in [1.82, 2.24) is 0 Å². The van der Waals surface area contributed by atoms with Gasteiger partial charge in [-0.2, -0.15) is 0 Å². The SMILES string of the molecule is O=C(O)c1ccc(/C(=C/c2ccc3ccccc3c2)c2ccc3ccccc3c2)cc1. The summed E-state index contributed by atoms with van der Waals surface area (Å²) < 4.78 is 0. The fourth-order valence-corrected chi connectivity index (χ4v) is 3.95. The molecule has 5 aromatic rings. The molecule has 0 aliphatic heterocycles. The summed E-state index contributed by atoms with van der Waals surface area (Å²) in [6.07, 6.45) is 2.17. The normalized spacial score (nSPS) is 11.7. The van der Waals surface area contributed by atoms with E-state index in [-0.39, 0.29) is 5.56 Å². The van der Waals surface area contributed by atoms with Crippen LogP contribution in [0.3, 0.4) is 0 Å². The lowest BCUT2D eigenvalue weighted by molar-refractivity contribution is 0.0697. The van der Waals surface area contributed by atoms with E-state index < -0.39 is 5.97 Å². The van der Waals surface area contributed by atoms with E-state index in [4.69, 9.17) is 0 Å². The van der Waals surface area contributed by atoms with Crippen molar-refractivity contribution in [2.75, 3.05) is 0 Å². The molecule has 0 fully saturated rings. The van der Waals surface area contributed by atoms with Crippen molar-refractivity contribution in [3.63, 3.8) is 0 Å². The first-order valence-corrected chi connectivity index (χ1v) is 10.2. The van der Waals surface area contributed by atoms with Crippen LogP contribution in [0.2, 0.25) is 0 Å². The molecule has 5 aromatic carbocycles. The zero-order valence-corrected chi connectivity index (χ0v) is 16.8. The third kappa shape index (κ3) is 3.84. The number of aromatic carboxylic acids is 1. The van der Waals surface area contributed by atoms with Gasteiger partial charge >= 0.3 is 5.97 Å². The first kappa shape index (κ1) is 18.8. The summed E-state index contributed by atoms with van der Waals surface area (Å²) in [5, 5.41) is 14.0. The van der Waals surface area contributed by atoms with Crippen molar-refractivity contribution in [1.29, 1.82) is 0 Å². The van der Waals surface area contributed by atoms with Crippen LogP contribution < -0.4 is 0 Å². The number of benzene rings is 5. The summed E-state index contributed by atoms with van der Waals surface area (Å²) in [5.74, 6) is -0.919. The van der Waals surface area contributed by atoms with Crippen LogP contribution in [0, 0.1) is 0 Å². The van der Waals surface area contributed by atoms with Crippen molar-refractivity contribution in [3.05, 3.63) is 131 Å². The van der Waals surface area contributed by atoms with Crippen LogP contribution in [-0.2, 0) is 0 Å². The van der Waals surface area contributed by atoms with Crippen LogP contribution in [-0.4, -0.2) is 11.1 Å². The highest BCUT2D eigenvalue weighted by Gasteiger charge is 2.09. The van der Waals surface area contributed by atoms with Crippen molar-refractivity contribution < 1.29 is 9.90 Å². The lowest BCUT2D eigenvalue weighted by Crippen LogP contribution is -1.96. The molecule has 2 heteroatoms. The molecule has 0 aliphatic carbocycles. The van der Waals surface area contributed by atoms with E-state index in [2.05, 4.69) is 66.7 Å². The third-order valence-electron chi connectivity index (χ3n) is 5.59. The Balaban J connectivity index is 1.68. The Hall–Kier alpha value is -4.17. The van der Waals surface area contributed by atoms with Gasteiger partial charge in [-0.15, -0.1) is 0 Å². The smallest absolute Gasteiger partial charge is 0.335 e. The Morgan fingerprint density at radius 2 is 1.06 bits per heavy atom. The van der Waals surface area contributed by atoms with E-state index in [1.165, 1.54) is 21.5 Å². The maximum absolute atomic E-state index is 11.3. The van der Waals surface area contributed by atoms with Crippen molar-refractivity contribution in [2.24, 2.45) is 0 Å². The summed E-state index contributed by atoms with van der Waals surface area (Å²) in [6.45, 7) is 0. The van der Waals surface area contributed by atoms with Crippen molar-refractivity contribution in [3.8, 4) is 0 Å². The number of hydrogen-bond donors (Lipinski definition) is 1. The first-order valence-electron chi connectivity index (χ1n) is 10.2. The largest absolute Gasteiger partial charge is 0.478 e. The highest BCUT2D eigenvalue weighted by Crippen LogP contribution is 2.30. The molecule has 0 unspecified atom stereocenters. The molecule has 0 saturated heterocycles. The molecule has 0 radical (unpaired) electrons. The summed E-state index contributed by atoms with van der Waals surface area (Å²) >= 11 is 0. The molecule has 31 heavy (non-hydrogen) atoms. The van der Waals surface area contributed by atoms with Gasteiger partial charge in [0.15, 0.2) is 0 Å². The Bertz CT molecular complexity index is 1440.